The molecule has 0 saturated carbocycles. The highest BCUT2D eigenvalue weighted by Crippen LogP contribution is 2.38. The predicted molar refractivity (Wildman–Crippen MR) is 62.4 cm³/mol. The maximum Gasteiger partial charge on any atom is 0.573 e. The van der Waals surface area contributed by atoms with Crippen molar-refractivity contribution in [2.24, 2.45) is 5.92 Å². The van der Waals surface area contributed by atoms with E-state index in [9.17, 15) is 13.2 Å². The largest absolute Gasteiger partial charge is 0.573 e. The quantitative estimate of drug-likeness (QED) is 0.898. The Labute approximate surface area is 104 Å². The molecule has 0 fully saturated rings. The molecule has 2 nitrogen and oxygen atoms in total. The minimum absolute atomic E-state index is 0.113. The normalized spacial score (nSPS) is 22.9. The smallest absolute Gasteiger partial charge is 0.406 e. The van der Waals surface area contributed by atoms with Crippen LogP contribution in [0.25, 0.3) is 0 Å². The molecular formula is C13H16F3NO. The summed E-state index contributed by atoms with van der Waals surface area (Å²) < 4.78 is 40.5. The Morgan fingerprint density at radius 3 is 2.72 bits per heavy atom. The molecule has 1 aromatic carbocycles. The van der Waals surface area contributed by atoms with E-state index in [1.165, 1.54) is 12.1 Å². The Hall–Kier alpha value is -1.23. The van der Waals surface area contributed by atoms with Gasteiger partial charge in [-0.2, -0.15) is 0 Å². The lowest BCUT2D eigenvalue weighted by Crippen LogP contribution is -2.23. The lowest BCUT2D eigenvalue weighted by Gasteiger charge is -2.18. The lowest BCUT2D eigenvalue weighted by atomic mass is 10.0. The van der Waals surface area contributed by atoms with Gasteiger partial charge in [0.05, 0.1) is 0 Å². The summed E-state index contributed by atoms with van der Waals surface area (Å²) in [5.41, 5.74) is 2.02. The fourth-order valence-electron chi connectivity index (χ4n) is 2.55. The molecule has 1 aliphatic rings. The second kappa shape index (κ2) is 4.80. The fraction of sp³-hybridized carbons (Fsp3) is 0.538. The number of rotatable bonds is 3. The second-order valence-electron chi connectivity index (χ2n) is 4.63. The van der Waals surface area contributed by atoms with Gasteiger partial charge < -0.3 is 10.1 Å². The zero-order valence-corrected chi connectivity index (χ0v) is 10.3. The van der Waals surface area contributed by atoms with Crippen molar-refractivity contribution >= 4 is 0 Å². The van der Waals surface area contributed by atoms with Crippen molar-refractivity contribution < 1.29 is 17.9 Å². The Balaban J connectivity index is 2.26. The van der Waals surface area contributed by atoms with E-state index < -0.39 is 6.36 Å². The summed E-state index contributed by atoms with van der Waals surface area (Å²) in [5.74, 6) is 0.249. The van der Waals surface area contributed by atoms with Gasteiger partial charge in [-0.05, 0) is 42.1 Å². The van der Waals surface area contributed by atoms with E-state index in [2.05, 4.69) is 17.0 Å². The molecule has 1 N–H and O–H groups in total. The van der Waals surface area contributed by atoms with Gasteiger partial charge in [0.2, 0.25) is 0 Å². The van der Waals surface area contributed by atoms with Gasteiger partial charge in [0, 0.05) is 6.04 Å². The van der Waals surface area contributed by atoms with Crippen LogP contribution in [-0.2, 0) is 6.42 Å². The molecule has 0 aliphatic heterocycles. The maximum atomic E-state index is 12.2. The Kier molecular flexibility index (Phi) is 3.52. The van der Waals surface area contributed by atoms with Crippen molar-refractivity contribution in [1.82, 2.24) is 5.32 Å². The Morgan fingerprint density at radius 1 is 1.39 bits per heavy atom. The van der Waals surface area contributed by atoms with Gasteiger partial charge in [-0.1, -0.05) is 19.9 Å². The number of ether oxygens (including phenoxy) is 1. The van der Waals surface area contributed by atoms with Crippen molar-refractivity contribution in [1.29, 1.82) is 0 Å². The van der Waals surface area contributed by atoms with Gasteiger partial charge in [0.25, 0.3) is 0 Å². The maximum absolute atomic E-state index is 12.2. The van der Waals surface area contributed by atoms with Crippen LogP contribution in [0.15, 0.2) is 18.2 Å². The van der Waals surface area contributed by atoms with E-state index in [4.69, 9.17) is 0 Å². The van der Waals surface area contributed by atoms with Gasteiger partial charge in [-0.3, -0.25) is 0 Å². The summed E-state index contributed by atoms with van der Waals surface area (Å²) >= 11 is 0. The third-order valence-electron chi connectivity index (χ3n) is 3.22. The minimum Gasteiger partial charge on any atom is -0.406 e. The highest BCUT2D eigenvalue weighted by molar-refractivity contribution is 5.41. The van der Waals surface area contributed by atoms with Crippen LogP contribution in [-0.4, -0.2) is 12.9 Å². The van der Waals surface area contributed by atoms with Crippen molar-refractivity contribution in [3.8, 4) is 5.75 Å². The number of nitrogens with one attached hydrogen (secondary N) is 1. The summed E-state index contributed by atoms with van der Waals surface area (Å²) in [4.78, 5) is 0. The van der Waals surface area contributed by atoms with Crippen LogP contribution in [0.2, 0.25) is 0 Å². The summed E-state index contributed by atoms with van der Waals surface area (Å²) in [6, 6.07) is 4.72. The summed E-state index contributed by atoms with van der Waals surface area (Å²) in [6.45, 7) is 4.87. The summed E-state index contributed by atoms with van der Waals surface area (Å²) in [7, 11) is 0. The Morgan fingerprint density at radius 2 is 2.11 bits per heavy atom. The van der Waals surface area contributed by atoms with E-state index in [-0.39, 0.29) is 11.8 Å². The number of hydrogen-bond acceptors (Lipinski definition) is 2. The van der Waals surface area contributed by atoms with Crippen molar-refractivity contribution in [3.63, 3.8) is 0 Å². The average molecular weight is 259 g/mol. The third-order valence-corrected chi connectivity index (χ3v) is 3.22. The fourth-order valence-corrected chi connectivity index (χ4v) is 2.55. The van der Waals surface area contributed by atoms with Crippen LogP contribution in [0.4, 0.5) is 13.2 Å². The SMILES string of the molecule is CCNC1c2cc(OC(F)(F)F)ccc2CC1C. The van der Waals surface area contributed by atoms with E-state index in [1.54, 1.807) is 6.07 Å². The first kappa shape index (κ1) is 13.2. The average Bonchev–Trinajstić information content (AvgIpc) is 2.54. The van der Waals surface area contributed by atoms with Crippen LogP contribution in [0.3, 0.4) is 0 Å². The van der Waals surface area contributed by atoms with Gasteiger partial charge >= 0.3 is 6.36 Å². The van der Waals surface area contributed by atoms with Crippen LogP contribution < -0.4 is 10.1 Å². The highest BCUT2D eigenvalue weighted by Gasteiger charge is 2.33. The number of halogens is 3. The second-order valence-corrected chi connectivity index (χ2v) is 4.63. The molecule has 0 amide bonds. The zero-order valence-electron chi connectivity index (χ0n) is 10.3. The first-order valence-electron chi connectivity index (χ1n) is 6.02. The van der Waals surface area contributed by atoms with E-state index in [0.29, 0.717) is 5.92 Å². The first-order valence-corrected chi connectivity index (χ1v) is 6.02. The first-order chi connectivity index (χ1) is 8.40. The molecule has 1 aromatic rings. The summed E-state index contributed by atoms with van der Waals surface area (Å²) in [6.07, 6.45) is -3.74. The van der Waals surface area contributed by atoms with Gasteiger partial charge in [0.1, 0.15) is 5.75 Å². The molecule has 0 saturated heterocycles. The van der Waals surface area contributed by atoms with E-state index in [0.717, 1.165) is 24.1 Å². The highest BCUT2D eigenvalue weighted by atomic mass is 19.4. The third kappa shape index (κ3) is 2.77. The van der Waals surface area contributed by atoms with E-state index in [1.807, 2.05) is 6.92 Å². The number of hydrogen-bond donors (Lipinski definition) is 1. The van der Waals surface area contributed by atoms with Crippen LogP contribution in [0, 0.1) is 5.92 Å². The van der Waals surface area contributed by atoms with Gasteiger partial charge in [-0.25, -0.2) is 0 Å². The molecule has 18 heavy (non-hydrogen) atoms. The molecule has 0 radical (unpaired) electrons. The topological polar surface area (TPSA) is 21.3 Å². The molecular weight excluding hydrogens is 243 g/mol. The molecule has 2 atom stereocenters. The molecule has 100 valence electrons. The van der Waals surface area contributed by atoms with E-state index >= 15 is 0 Å². The van der Waals surface area contributed by atoms with Crippen molar-refractivity contribution in [3.05, 3.63) is 29.3 Å². The van der Waals surface area contributed by atoms with Crippen LogP contribution >= 0.6 is 0 Å². The predicted octanol–water partition coefficient (Wildman–Crippen LogP) is 3.43. The molecule has 5 heteroatoms. The zero-order chi connectivity index (χ0) is 13.3. The molecule has 2 rings (SSSR count). The summed E-state index contributed by atoms with van der Waals surface area (Å²) in [5, 5.41) is 3.30. The van der Waals surface area contributed by atoms with Gasteiger partial charge in [0.15, 0.2) is 0 Å². The standard InChI is InChI=1S/C13H16F3NO/c1-3-17-12-8(2)6-9-4-5-10(7-11(9)12)18-13(14,15)16/h4-5,7-8,12,17H,3,6H2,1-2H3. The van der Waals surface area contributed by atoms with Crippen molar-refractivity contribution in [2.45, 2.75) is 32.7 Å². The Bertz CT molecular complexity index is 431. The lowest BCUT2D eigenvalue weighted by molar-refractivity contribution is -0.274. The molecule has 0 aromatic heterocycles. The number of alkyl halides is 3. The monoisotopic (exact) mass is 259 g/mol. The van der Waals surface area contributed by atoms with Crippen LogP contribution in [0.5, 0.6) is 5.75 Å². The molecule has 2 unspecified atom stereocenters. The molecule has 1 aliphatic carbocycles. The molecule has 0 spiro atoms. The number of benzene rings is 1. The van der Waals surface area contributed by atoms with Gasteiger partial charge in [-0.15, -0.1) is 13.2 Å². The van der Waals surface area contributed by atoms with Crippen molar-refractivity contribution in [2.75, 3.05) is 6.54 Å². The minimum atomic E-state index is -4.63. The molecule has 0 bridgehead atoms. The molecule has 0 heterocycles. The van der Waals surface area contributed by atoms with Crippen LogP contribution in [0.1, 0.15) is 31.0 Å². The number of fused-ring (bicyclic) bond motifs is 1.